The van der Waals surface area contributed by atoms with E-state index in [4.69, 9.17) is 4.74 Å². The molecule has 2 heterocycles. The second kappa shape index (κ2) is 10.4. The summed E-state index contributed by atoms with van der Waals surface area (Å²) in [4.78, 5) is 19.8. The van der Waals surface area contributed by atoms with Crippen LogP contribution in [0, 0.1) is 6.92 Å². The third-order valence-electron chi connectivity index (χ3n) is 6.67. The molecule has 4 rings (SSSR count). The van der Waals surface area contributed by atoms with E-state index in [0.29, 0.717) is 6.54 Å². The van der Waals surface area contributed by atoms with Gasteiger partial charge < -0.3 is 19.9 Å². The van der Waals surface area contributed by atoms with Crippen molar-refractivity contribution in [3.63, 3.8) is 0 Å². The van der Waals surface area contributed by atoms with Gasteiger partial charge in [-0.2, -0.15) is 0 Å². The van der Waals surface area contributed by atoms with E-state index in [1.807, 2.05) is 31.2 Å². The minimum atomic E-state index is -0.0803. The topological polar surface area (TPSA) is 48.1 Å². The molecule has 0 spiro atoms. The summed E-state index contributed by atoms with van der Waals surface area (Å²) in [6, 6.07) is 14.8. The smallest absolute Gasteiger partial charge is 0.258 e. The van der Waals surface area contributed by atoms with Crippen molar-refractivity contribution in [2.75, 3.05) is 64.9 Å². The Balaban J connectivity index is 1.43. The number of nitrogens with one attached hydrogen (secondary N) is 1. The van der Waals surface area contributed by atoms with Crippen LogP contribution in [0.5, 0.6) is 5.75 Å². The number of rotatable bonds is 7. The second-order valence-corrected chi connectivity index (χ2v) is 9.18. The Bertz CT molecular complexity index is 924. The van der Waals surface area contributed by atoms with Crippen LogP contribution in [0.3, 0.4) is 0 Å². The molecular weight excluding hydrogens is 400 g/mol. The fourth-order valence-corrected chi connectivity index (χ4v) is 4.72. The predicted octanol–water partition coefficient (Wildman–Crippen LogP) is 2.86. The highest BCUT2D eigenvalue weighted by Gasteiger charge is 2.26. The van der Waals surface area contributed by atoms with Crippen LogP contribution >= 0.6 is 0 Å². The van der Waals surface area contributed by atoms with E-state index in [1.54, 1.807) is 0 Å². The normalized spacial score (nSPS) is 18.2. The largest absolute Gasteiger partial charge is 0.484 e. The van der Waals surface area contributed by atoms with E-state index in [9.17, 15) is 4.79 Å². The van der Waals surface area contributed by atoms with E-state index in [-0.39, 0.29) is 18.6 Å². The summed E-state index contributed by atoms with van der Waals surface area (Å²) >= 11 is 0. The van der Waals surface area contributed by atoms with E-state index in [1.165, 1.54) is 23.2 Å². The van der Waals surface area contributed by atoms with Crippen molar-refractivity contribution < 1.29 is 9.53 Å². The molecule has 32 heavy (non-hydrogen) atoms. The number of carbonyl (C=O) groups is 1. The Morgan fingerprint density at radius 3 is 2.66 bits per heavy atom. The first-order chi connectivity index (χ1) is 15.5. The van der Waals surface area contributed by atoms with Crippen molar-refractivity contribution in [1.82, 2.24) is 15.1 Å². The zero-order chi connectivity index (χ0) is 22.5. The average molecular weight is 437 g/mol. The van der Waals surface area contributed by atoms with Gasteiger partial charge in [-0.05, 0) is 61.7 Å². The van der Waals surface area contributed by atoms with Gasteiger partial charge in [0.25, 0.3) is 5.91 Å². The summed E-state index contributed by atoms with van der Waals surface area (Å²) < 4.78 is 5.69. The van der Waals surface area contributed by atoms with Crippen LogP contribution in [0.2, 0.25) is 0 Å². The first-order valence-electron chi connectivity index (χ1n) is 11.7. The third-order valence-corrected chi connectivity index (χ3v) is 6.67. The Labute approximate surface area is 192 Å². The number of likely N-dealkylation sites (N-methyl/N-ethyl adjacent to an activating group) is 1. The molecule has 0 radical (unpaired) electrons. The molecule has 2 aromatic carbocycles. The van der Waals surface area contributed by atoms with Gasteiger partial charge >= 0.3 is 0 Å². The molecule has 0 aliphatic carbocycles. The predicted molar refractivity (Wildman–Crippen MR) is 130 cm³/mol. The second-order valence-electron chi connectivity index (χ2n) is 9.18. The molecule has 0 bridgehead atoms. The fraction of sp³-hybridized carbons (Fsp3) is 0.500. The molecule has 6 heteroatoms. The van der Waals surface area contributed by atoms with E-state index in [2.05, 4.69) is 52.3 Å². The van der Waals surface area contributed by atoms with Gasteiger partial charge in [0, 0.05) is 52.0 Å². The molecular formula is C26H36N4O2. The summed E-state index contributed by atoms with van der Waals surface area (Å²) in [5.74, 6) is 0.651. The number of carbonyl (C=O) groups excluding carboxylic acids is 1. The van der Waals surface area contributed by atoms with E-state index < -0.39 is 0 Å². The average Bonchev–Trinajstić information content (AvgIpc) is 2.79. The van der Waals surface area contributed by atoms with Gasteiger partial charge in [0.2, 0.25) is 0 Å². The van der Waals surface area contributed by atoms with Gasteiger partial charge in [0.1, 0.15) is 5.75 Å². The summed E-state index contributed by atoms with van der Waals surface area (Å²) in [6.07, 6.45) is 2.32. The SMILES string of the molecule is Cc1cccc(OCC(=O)NC[C@H](c2ccc3c(c2)CCCN3C)N2CCN(C)CC2)c1. The fourth-order valence-electron chi connectivity index (χ4n) is 4.72. The highest BCUT2D eigenvalue weighted by Crippen LogP contribution is 2.31. The quantitative estimate of drug-likeness (QED) is 0.723. The number of anilines is 1. The van der Waals surface area contributed by atoms with Crippen molar-refractivity contribution in [3.05, 3.63) is 59.2 Å². The van der Waals surface area contributed by atoms with Crippen molar-refractivity contribution in [1.29, 1.82) is 0 Å². The number of nitrogens with zero attached hydrogens (tertiary/aromatic N) is 3. The molecule has 0 unspecified atom stereocenters. The lowest BCUT2D eigenvalue weighted by molar-refractivity contribution is -0.123. The Morgan fingerprint density at radius 2 is 1.88 bits per heavy atom. The molecule has 0 saturated carbocycles. The highest BCUT2D eigenvalue weighted by molar-refractivity contribution is 5.77. The van der Waals surface area contributed by atoms with E-state index >= 15 is 0 Å². The number of hydrogen-bond donors (Lipinski definition) is 1. The maximum absolute atomic E-state index is 12.6. The van der Waals surface area contributed by atoms with Gasteiger partial charge in [-0.25, -0.2) is 0 Å². The summed E-state index contributed by atoms with van der Waals surface area (Å²) in [5, 5.41) is 3.13. The number of piperazine rings is 1. The van der Waals surface area contributed by atoms with Gasteiger partial charge in [0.15, 0.2) is 6.61 Å². The van der Waals surface area contributed by atoms with E-state index in [0.717, 1.165) is 50.5 Å². The maximum Gasteiger partial charge on any atom is 0.258 e. The van der Waals surface area contributed by atoms with Gasteiger partial charge in [-0.3, -0.25) is 9.69 Å². The number of fused-ring (bicyclic) bond motifs is 1. The molecule has 1 amide bonds. The Morgan fingerprint density at radius 1 is 1.06 bits per heavy atom. The Kier molecular flexibility index (Phi) is 7.33. The molecule has 1 atom stereocenters. The molecule has 1 fully saturated rings. The summed E-state index contributed by atoms with van der Waals surface area (Å²) in [7, 11) is 4.34. The zero-order valence-corrected chi connectivity index (χ0v) is 19.6. The first-order valence-corrected chi connectivity index (χ1v) is 11.7. The standard InChI is InChI=1S/C26H36N4O2/c1-20-6-4-8-23(16-20)32-19-26(31)27-18-25(30-14-12-28(2)13-15-30)22-9-10-24-21(17-22)7-5-11-29(24)3/h4,6,8-10,16-17,25H,5,7,11-15,18-19H2,1-3H3,(H,27,31)/t25-/m1/s1. The van der Waals surface area contributed by atoms with Crippen molar-refractivity contribution in [2.24, 2.45) is 0 Å². The molecule has 1 saturated heterocycles. The van der Waals surface area contributed by atoms with Crippen LogP contribution in [0.25, 0.3) is 0 Å². The number of benzene rings is 2. The molecule has 0 aromatic heterocycles. The number of hydrogen-bond acceptors (Lipinski definition) is 5. The van der Waals surface area contributed by atoms with Crippen LogP contribution in [-0.4, -0.2) is 75.7 Å². The maximum atomic E-state index is 12.6. The molecule has 6 nitrogen and oxygen atoms in total. The molecule has 2 aliphatic heterocycles. The van der Waals surface area contributed by atoms with Gasteiger partial charge in [-0.15, -0.1) is 0 Å². The lowest BCUT2D eigenvalue weighted by Gasteiger charge is -2.39. The molecule has 1 N–H and O–H groups in total. The third kappa shape index (κ3) is 5.61. The minimum absolute atomic E-state index is 0.0356. The molecule has 172 valence electrons. The van der Waals surface area contributed by atoms with Crippen molar-refractivity contribution in [3.8, 4) is 5.75 Å². The van der Waals surface area contributed by atoms with Gasteiger partial charge in [0.05, 0.1) is 6.04 Å². The summed E-state index contributed by atoms with van der Waals surface area (Å²) in [5.41, 5.74) is 5.18. The number of amides is 1. The van der Waals surface area contributed by atoms with Crippen molar-refractivity contribution in [2.45, 2.75) is 25.8 Å². The first kappa shape index (κ1) is 22.6. The summed E-state index contributed by atoms with van der Waals surface area (Å²) in [6.45, 7) is 7.88. The molecule has 2 aliphatic rings. The minimum Gasteiger partial charge on any atom is -0.484 e. The Hall–Kier alpha value is -2.57. The number of aryl methyl sites for hydroxylation is 2. The van der Waals surface area contributed by atoms with Crippen LogP contribution in [0.15, 0.2) is 42.5 Å². The number of ether oxygens (including phenoxy) is 1. The monoisotopic (exact) mass is 436 g/mol. The van der Waals surface area contributed by atoms with Crippen LogP contribution in [-0.2, 0) is 11.2 Å². The van der Waals surface area contributed by atoms with Crippen LogP contribution < -0.4 is 15.0 Å². The zero-order valence-electron chi connectivity index (χ0n) is 19.6. The van der Waals surface area contributed by atoms with Gasteiger partial charge in [-0.1, -0.05) is 24.3 Å². The van der Waals surface area contributed by atoms with Crippen LogP contribution in [0.1, 0.15) is 29.2 Å². The molecule has 2 aromatic rings. The highest BCUT2D eigenvalue weighted by atomic mass is 16.5. The lowest BCUT2D eigenvalue weighted by Crippen LogP contribution is -2.48. The van der Waals surface area contributed by atoms with Crippen LogP contribution in [0.4, 0.5) is 5.69 Å². The van der Waals surface area contributed by atoms with Crippen molar-refractivity contribution >= 4 is 11.6 Å². The lowest BCUT2D eigenvalue weighted by atomic mass is 9.95.